The molecule has 1 fully saturated rings. The Kier molecular flexibility index (Phi) is 7.56. The molecular formula is C19H31ClN2O. The van der Waals surface area contributed by atoms with Gasteiger partial charge in [-0.3, -0.25) is 4.79 Å². The van der Waals surface area contributed by atoms with E-state index in [9.17, 15) is 4.79 Å². The van der Waals surface area contributed by atoms with E-state index in [1.807, 2.05) is 18.0 Å². The van der Waals surface area contributed by atoms with Gasteiger partial charge in [-0.15, -0.1) is 12.4 Å². The van der Waals surface area contributed by atoms with Crippen molar-refractivity contribution in [2.45, 2.75) is 52.0 Å². The van der Waals surface area contributed by atoms with Crippen LogP contribution in [0.4, 0.5) is 0 Å². The van der Waals surface area contributed by atoms with Crippen molar-refractivity contribution in [2.75, 3.05) is 13.6 Å². The Hall–Kier alpha value is -1.06. The summed E-state index contributed by atoms with van der Waals surface area (Å²) in [4.78, 5) is 14.8. The number of nitrogens with zero attached hydrogens (tertiary/aromatic N) is 1. The number of nitrogens with two attached hydrogens (primary N) is 1. The number of benzene rings is 1. The second-order valence-electron chi connectivity index (χ2n) is 7.22. The minimum Gasteiger partial charge on any atom is -0.345 e. The zero-order chi connectivity index (χ0) is 16.2. The summed E-state index contributed by atoms with van der Waals surface area (Å²) in [6.45, 7) is 5.03. The summed E-state index contributed by atoms with van der Waals surface area (Å²) in [6.07, 6.45) is 4.94. The van der Waals surface area contributed by atoms with Crippen LogP contribution in [-0.2, 0) is 11.2 Å². The summed E-state index contributed by atoms with van der Waals surface area (Å²) >= 11 is 0. The summed E-state index contributed by atoms with van der Waals surface area (Å²) in [5, 5.41) is 0. The topological polar surface area (TPSA) is 46.3 Å². The number of amides is 1. The monoisotopic (exact) mass is 338 g/mol. The fraction of sp³-hybridized carbons (Fsp3) is 0.632. The zero-order valence-corrected chi connectivity index (χ0v) is 15.4. The molecule has 1 unspecified atom stereocenters. The van der Waals surface area contributed by atoms with Crippen molar-refractivity contribution in [3.63, 3.8) is 0 Å². The second kappa shape index (κ2) is 8.70. The number of hydrogen-bond donors (Lipinski definition) is 1. The van der Waals surface area contributed by atoms with Crippen molar-refractivity contribution in [1.82, 2.24) is 4.90 Å². The van der Waals surface area contributed by atoms with Crippen molar-refractivity contribution >= 4 is 18.3 Å². The highest BCUT2D eigenvalue weighted by molar-refractivity contribution is 5.85. The standard InChI is InChI=1S/C19H30N2O.ClH/c1-15(2)17(20)10-13-21(3)18(22)19(11-7-12-19)14-16-8-5-4-6-9-16;/h4-6,8-9,15,17H,7,10-14,20H2,1-3H3;1H. The number of halogens is 1. The normalized spacial score (nSPS) is 17.1. The molecule has 0 heterocycles. The van der Waals surface area contributed by atoms with E-state index in [2.05, 4.69) is 38.1 Å². The molecule has 130 valence electrons. The molecule has 1 aliphatic rings. The Labute approximate surface area is 147 Å². The first-order valence-corrected chi connectivity index (χ1v) is 8.50. The number of hydrogen-bond acceptors (Lipinski definition) is 2. The average Bonchev–Trinajstić information content (AvgIpc) is 2.48. The van der Waals surface area contributed by atoms with Gasteiger partial charge >= 0.3 is 0 Å². The summed E-state index contributed by atoms with van der Waals surface area (Å²) in [6, 6.07) is 10.6. The van der Waals surface area contributed by atoms with Gasteiger partial charge < -0.3 is 10.6 Å². The fourth-order valence-electron chi connectivity index (χ4n) is 3.24. The van der Waals surface area contributed by atoms with E-state index in [0.29, 0.717) is 11.8 Å². The van der Waals surface area contributed by atoms with E-state index in [0.717, 1.165) is 38.6 Å². The molecule has 23 heavy (non-hydrogen) atoms. The maximum atomic E-state index is 12.9. The van der Waals surface area contributed by atoms with Crippen molar-refractivity contribution in [2.24, 2.45) is 17.1 Å². The molecule has 2 rings (SSSR count). The first kappa shape index (κ1) is 20.0. The van der Waals surface area contributed by atoms with Gasteiger partial charge in [0.25, 0.3) is 0 Å². The van der Waals surface area contributed by atoms with Crippen LogP contribution in [0, 0.1) is 11.3 Å². The molecule has 1 aliphatic carbocycles. The van der Waals surface area contributed by atoms with E-state index in [1.165, 1.54) is 5.56 Å². The van der Waals surface area contributed by atoms with Crippen LogP contribution in [0.25, 0.3) is 0 Å². The third-order valence-corrected chi connectivity index (χ3v) is 5.15. The lowest BCUT2D eigenvalue weighted by Gasteiger charge is -2.43. The fourth-order valence-corrected chi connectivity index (χ4v) is 3.24. The summed E-state index contributed by atoms with van der Waals surface area (Å²) in [7, 11) is 1.93. The third kappa shape index (κ3) is 4.95. The molecule has 2 N–H and O–H groups in total. The molecule has 0 bridgehead atoms. The first-order chi connectivity index (χ1) is 10.4. The molecule has 0 radical (unpaired) electrons. The van der Waals surface area contributed by atoms with Crippen molar-refractivity contribution in [3.8, 4) is 0 Å². The Morgan fingerprint density at radius 1 is 1.26 bits per heavy atom. The van der Waals surface area contributed by atoms with Gasteiger partial charge in [-0.05, 0) is 37.2 Å². The van der Waals surface area contributed by atoms with Gasteiger partial charge in [0.2, 0.25) is 5.91 Å². The predicted molar refractivity (Wildman–Crippen MR) is 98.7 cm³/mol. The lowest BCUT2D eigenvalue weighted by atomic mass is 9.64. The minimum atomic E-state index is -0.169. The summed E-state index contributed by atoms with van der Waals surface area (Å²) in [5.74, 6) is 0.768. The SMILES string of the molecule is CC(C)C(N)CCN(C)C(=O)C1(Cc2ccccc2)CCC1.Cl. The van der Waals surface area contributed by atoms with E-state index in [4.69, 9.17) is 5.73 Å². The second-order valence-corrected chi connectivity index (χ2v) is 7.22. The van der Waals surface area contributed by atoms with Gasteiger partial charge in [0.15, 0.2) is 0 Å². The quantitative estimate of drug-likeness (QED) is 0.824. The highest BCUT2D eigenvalue weighted by Crippen LogP contribution is 2.45. The van der Waals surface area contributed by atoms with Crippen LogP contribution in [0.1, 0.15) is 45.1 Å². The third-order valence-electron chi connectivity index (χ3n) is 5.15. The maximum Gasteiger partial charge on any atom is 0.228 e. The molecule has 0 aliphatic heterocycles. The smallest absolute Gasteiger partial charge is 0.228 e. The van der Waals surface area contributed by atoms with Crippen LogP contribution in [0.2, 0.25) is 0 Å². The van der Waals surface area contributed by atoms with Gasteiger partial charge in [0.1, 0.15) is 0 Å². The average molecular weight is 339 g/mol. The van der Waals surface area contributed by atoms with Crippen LogP contribution in [0.5, 0.6) is 0 Å². The minimum absolute atomic E-state index is 0. The highest BCUT2D eigenvalue weighted by Gasteiger charge is 2.45. The zero-order valence-electron chi connectivity index (χ0n) is 14.6. The number of carbonyl (C=O) groups is 1. The molecule has 1 atom stereocenters. The van der Waals surface area contributed by atoms with Gasteiger partial charge in [0.05, 0.1) is 5.41 Å². The largest absolute Gasteiger partial charge is 0.345 e. The molecule has 3 nitrogen and oxygen atoms in total. The van der Waals surface area contributed by atoms with Gasteiger partial charge in [-0.1, -0.05) is 50.6 Å². The summed E-state index contributed by atoms with van der Waals surface area (Å²) in [5.41, 5.74) is 7.20. The highest BCUT2D eigenvalue weighted by atomic mass is 35.5. The molecule has 1 aromatic rings. The molecule has 1 aromatic carbocycles. The molecule has 0 saturated heterocycles. The number of carbonyl (C=O) groups excluding carboxylic acids is 1. The Morgan fingerprint density at radius 2 is 1.87 bits per heavy atom. The lowest BCUT2D eigenvalue weighted by Crippen LogP contribution is -2.48. The van der Waals surface area contributed by atoms with Crippen LogP contribution in [0.3, 0.4) is 0 Å². The Bertz CT molecular complexity index is 485. The molecule has 4 heteroatoms. The van der Waals surface area contributed by atoms with E-state index in [1.54, 1.807) is 0 Å². The molecule has 1 saturated carbocycles. The summed E-state index contributed by atoms with van der Waals surface area (Å²) < 4.78 is 0. The van der Waals surface area contributed by atoms with E-state index >= 15 is 0 Å². The van der Waals surface area contributed by atoms with Crippen LogP contribution < -0.4 is 5.73 Å². The van der Waals surface area contributed by atoms with Gasteiger partial charge in [-0.25, -0.2) is 0 Å². The van der Waals surface area contributed by atoms with Crippen molar-refractivity contribution in [1.29, 1.82) is 0 Å². The lowest BCUT2D eigenvalue weighted by molar-refractivity contribution is -0.146. The Balaban J connectivity index is 0.00000264. The van der Waals surface area contributed by atoms with Crippen LogP contribution in [-0.4, -0.2) is 30.4 Å². The van der Waals surface area contributed by atoms with E-state index in [-0.39, 0.29) is 23.9 Å². The van der Waals surface area contributed by atoms with Crippen LogP contribution >= 0.6 is 12.4 Å². The van der Waals surface area contributed by atoms with Crippen molar-refractivity contribution in [3.05, 3.63) is 35.9 Å². The van der Waals surface area contributed by atoms with Gasteiger partial charge in [0, 0.05) is 19.6 Å². The molecule has 1 amide bonds. The molecule has 0 aromatic heterocycles. The predicted octanol–water partition coefficient (Wildman–Crippen LogP) is 3.65. The van der Waals surface area contributed by atoms with Gasteiger partial charge in [-0.2, -0.15) is 0 Å². The molecule has 0 spiro atoms. The number of rotatable bonds is 7. The van der Waals surface area contributed by atoms with Crippen molar-refractivity contribution < 1.29 is 4.79 Å². The van der Waals surface area contributed by atoms with E-state index < -0.39 is 0 Å². The van der Waals surface area contributed by atoms with Crippen LogP contribution in [0.15, 0.2) is 30.3 Å². The first-order valence-electron chi connectivity index (χ1n) is 8.50. The molecular weight excluding hydrogens is 308 g/mol. The Morgan fingerprint density at radius 3 is 2.35 bits per heavy atom. The maximum absolute atomic E-state index is 12.9.